The number of aromatic nitrogens is 4. The Hall–Kier alpha value is -2.15. The van der Waals surface area contributed by atoms with Gasteiger partial charge in [-0.15, -0.1) is 5.10 Å². The number of hydrogen-bond donors (Lipinski definition) is 0. The molecule has 1 aromatic carbocycles. The van der Waals surface area contributed by atoms with Crippen LogP contribution in [0, 0.1) is 0 Å². The van der Waals surface area contributed by atoms with E-state index in [2.05, 4.69) is 26.5 Å². The van der Waals surface area contributed by atoms with Gasteiger partial charge in [0.2, 0.25) is 0 Å². The van der Waals surface area contributed by atoms with Gasteiger partial charge in [-0.3, -0.25) is 4.90 Å². The molecule has 0 radical (unpaired) electrons. The lowest BCUT2D eigenvalue weighted by atomic mass is 9.91. The van der Waals surface area contributed by atoms with Gasteiger partial charge < -0.3 is 9.47 Å². The van der Waals surface area contributed by atoms with Crippen molar-refractivity contribution in [1.82, 2.24) is 25.1 Å². The highest BCUT2D eigenvalue weighted by Crippen LogP contribution is 2.44. The molecule has 2 aromatic rings. The number of piperidine rings is 1. The number of benzene rings is 1. The molecule has 7 heteroatoms. The van der Waals surface area contributed by atoms with Crippen LogP contribution in [-0.2, 0) is 18.5 Å². The van der Waals surface area contributed by atoms with Crippen LogP contribution >= 0.6 is 0 Å². The first kappa shape index (κ1) is 19.2. The minimum absolute atomic E-state index is 0.0293. The van der Waals surface area contributed by atoms with Crippen LogP contribution in [0.5, 0.6) is 11.5 Å². The lowest BCUT2D eigenvalue weighted by Gasteiger charge is -2.42. The smallest absolute Gasteiger partial charge is 0.171 e. The van der Waals surface area contributed by atoms with E-state index in [0.717, 1.165) is 30.3 Å². The monoisotopic (exact) mass is 385 g/mol. The van der Waals surface area contributed by atoms with Crippen LogP contribution in [0.4, 0.5) is 0 Å². The van der Waals surface area contributed by atoms with Crippen molar-refractivity contribution < 1.29 is 9.47 Å². The van der Waals surface area contributed by atoms with E-state index in [1.165, 1.54) is 63.6 Å². The molecule has 1 aliphatic carbocycles. The van der Waals surface area contributed by atoms with Crippen LogP contribution in [0.2, 0.25) is 0 Å². The van der Waals surface area contributed by atoms with Crippen LogP contribution in [0.25, 0.3) is 0 Å². The van der Waals surface area contributed by atoms with E-state index in [1.807, 2.05) is 16.8 Å². The Bertz CT molecular complexity index is 779. The molecule has 2 fully saturated rings. The van der Waals surface area contributed by atoms with E-state index in [1.54, 1.807) is 14.2 Å². The molecule has 1 saturated carbocycles. The molecule has 0 spiro atoms. The van der Waals surface area contributed by atoms with Crippen molar-refractivity contribution in [3.63, 3.8) is 0 Å². The molecule has 2 aliphatic rings. The van der Waals surface area contributed by atoms with Gasteiger partial charge in [0.25, 0.3) is 0 Å². The van der Waals surface area contributed by atoms with Gasteiger partial charge in [-0.05, 0) is 73.3 Å². The second kappa shape index (κ2) is 8.47. The van der Waals surface area contributed by atoms with Crippen molar-refractivity contribution in [3.8, 4) is 11.5 Å². The lowest BCUT2D eigenvalue weighted by Crippen LogP contribution is -2.48. The van der Waals surface area contributed by atoms with Crippen molar-refractivity contribution in [1.29, 1.82) is 0 Å². The van der Waals surface area contributed by atoms with Crippen molar-refractivity contribution in [2.24, 2.45) is 0 Å². The lowest BCUT2D eigenvalue weighted by molar-refractivity contribution is 0.0567. The highest BCUT2D eigenvalue weighted by molar-refractivity contribution is 5.42. The van der Waals surface area contributed by atoms with Crippen molar-refractivity contribution in [3.05, 3.63) is 29.6 Å². The molecule has 28 heavy (non-hydrogen) atoms. The Balaban J connectivity index is 1.54. The zero-order chi connectivity index (χ0) is 19.4. The third kappa shape index (κ3) is 3.60. The highest BCUT2D eigenvalue weighted by atomic mass is 16.5. The largest absolute Gasteiger partial charge is 0.493 e. The number of nitrogens with zero attached hydrogens (tertiary/aromatic N) is 5. The maximum absolute atomic E-state index is 5.44. The SMILES string of the molecule is COc1ccc(CCn2nnnc2C2(N3CCCCC3)CCCC2)cc1OC. The first-order chi connectivity index (χ1) is 13.8. The van der Waals surface area contributed by atoms with Crippen LogP contribution in [0.15, 0.2) is 18.2 Å². The fourth-order valence-electron chi connectivity index (χ4n) is 4.92. The molecular weight excluding hydrogens is 354 g/mol. The molecule has 1 aromatic heterocycles. The minimum atomic E-state index is 0.0293. The quantitative estimate of drug-likeness (QED) is 0.729. The second-order valence-corrected chi connectivity index (χ2v) is 7.95. The Morgan fingerprint density at radius 1 is 0.964 bits per heavy atom. The molecule has 4 rings (SSSR count). The number of ether oxygens (including phenoxy) is 2. The summed E-state index contributed by atoms with van der Waals surface area (Å²) in [6.45, 7) is 3.11. The number of methoxy groups -OCH3 is 2. The fraction of sp³-hybridized carbons (Fsp3) is 0.667. The first-order valence-electron chi connectivity index (χ1n) is 10.5. The Morgan fingerprint density at radius 2 is 1.71 bits per heavy atom. The summed E-state index contributed by atoms with van der Waals surface area (Å²) in [5.74, 6) is 2.58. The van der Waals surface area contributed by atoms with Gasteiger partial charge in [0.1, 0.15) is 0 Å². The van der Waals surface area contributed by atoms with Gasteiger partial charge in [0.15, 0.2) is 17.3 Å². The number of hydrogen-bond acceptors (Lipinski definition) is 6. The van der Waals surface area contributed by atoms with Crippen LogP contribution in [0.1, 0.15) is 56.3 Å². The van der Waals surface area contributed by atoms with Crippen molar-refractivity contribution in [2.45, 2.75) is 63.5 Å². The molecular formula is C21H31N5O2. The molecule has 2 heterocycles. The van der Waals surface area contributed by atoms with E-state index in [-0.39, 0.29) is 5.54 Å². The van der Waals surface area contributed by atoms with Crippen LogP contribution in [0.3, 0.4) is 0 Å². The van der Waals surface area contributed by atoms with E-state index < -0.39 is 0 Å². The average Bonchev–Trinajstić information content (AvgIpc) is 3.42. The molecule has 1 saturated heterocycles. The number of tetrazole rings is 1. The first-order valence-corrected chi connectivity index (χ1v) is 10.5. The average molecular weight is 386 g/mol. The minimum Gasteiger partial charge on any atom is -0.493 e. The van der Waals surface area contributed by atoms with E-state index in [4.69, 9.17) is 9.47 Å². The molecule has 7 nitrogen and oxygen atoms in total. The third-order valence-electron chi connectivity index (χ3n) is 6.40. The van der Waals surface area contributed by atoms with Crippen LogP contribution in [-0.4, -0.2) is 52.4 Å². The summed E-state index contributed by atoms with van der Waals surface area (Å²) >= 11 is 0. The highest BCUT2D eigenvalue weighted by Gasteiger charge is 2.45. The van der Waals surface area contributed by atoms with Gasteiger partial charge in [-0.2, -0.15) is 0 Å². The van der Waals surface area contributed by atoms with Crippen molar-refractivity contribution >= 4 is 0 Å². The fourth-order valence-corrected chi connectivity index (χ4v) is 4.92. The zero-order valence-electron chi connectivity index (χ0n) is 17.1. The molecule has 0 N–H and O–H groups in total. The number of aryl methyl sites for hydroxylation is 2. The second-order valence-electron chi connectivity index (χ2n) is 7.95. The van der Waals surface area contributed by atoms with E-state index in [9.17, 15) is 0 Å². The van der Waals surface area contributed by atoms with Gasteiger partial charge in [-0.1, -0.05) is 25.3 Å². The summed E-state index contributed by atoms with van der Waals surface area (Å²) in [7, 11) is 3.33. The molecule has 0 atom stereocenters. The topological polar surface area (TPSA) is 65.3 Å². The maximum Gasteiger partial charge on any atom is 0.171 e. The van der Waals surface area contributed by atoms with Gasteiger partial charge in [-0.25, -0.2) is 4.68 Å². The Kier molecular flexibility index (Phi) is 5.80. The molecule has 1 aliphatic heterocycles. The Morgan fingerprint density at radius 3 is 2.43 bits per heavy atom. The van der Waals surface area contributed by atoms with E-state index in [0.29, 0.717) is 0 Å². The summed E-state index contributed by atoms with van der Waals surface area (Å²) < 4.78 is 12.8. The molecule has 152 valence electrons. The maximum atomic E-state index is 5.44. The normalized spacial score (nSPS) is 19.6. The Labute approximate surface area is 167 Å². The molecule has 0 amide bonds. The van der Waals surface area contributed by atoms with E-state index >= 15 is 0 Å². The zero-order valence-corrected chi connectivity index (χ0v) is 17.1. The summed E-state index contributed by atoms with van der Waals surface area (Å²) in [5, 5.41) is 13.0. The van der Waals surface area contributed by atoms with Crippen LogP contribution < -0.4 is 9.47 Å². The van der Waals surface area contributed by atoms with Gasteiger partial charge in [0, 0.05) is 6.54 Å². The summed E-state index contributed by atoms with van der Waals surface area (Å²) in [5.41, 5.74) is 1.22. The van der Waals surface area contributed by atoms with Gasteiger partial charge in [0.05, 0.1) is 19.8 Å². The summed E-state index contributed by atoms with van der Waals surface area (Å²) in [6.07, 6.45) is 9.64. The van der Waals surface area contributed by atoms with Gasteiger partial charge >= 0.3 is 0 Å². The summed E-state index contributed by atoms with van der Waals surface area (Å²) in [4.78, 5) is 2.67. The van der Waals surface area contributed by atoms with Crippen molar-refractivity contribution in [2.75, 3.05) is 27.3 Å². The molecule has 0 bridgehead atoms. The number of likely N-dealkylation sites (tertiary alicyclic amines) is 1. The summed E-state index contributed by atoms with van der Waals surface area (Å²) in [6, 6.07) is 6.08. The molecule has 0 unspecified atom stereocenters. The third-order valence-corrected chi connectivity index (χ3v) is 6.40. The standard InChI is InChI=1S/C21H31N5O2/c1-27-18-9-8-17(16-19(18)28-2)10-15-26-20(22-23-24-26)21(11-4-5-12-21)25-13-6-3-7-14-25/h8-9,16H,3-7,10-15H2,1-2H3. The number of rotatable bonds is 7. The predicted octanol–water partition coefficient (Wildman–Crippen LogP) is 3.19. The predicted molar refractivity (Wildman–Crippen MR) is 107 cm³/mol.